The van der Waals surface area contributed by atoms with Gasteiger partial charge in [0.2, 0.25) is 0 Å². The normalized spacial score (nSPS) is 35.5. The van der Waals surface area contributed by atoms with Crippen molar-refractivity contribution in [1.29, 1.82) is 0 Å². The third-order valence-electron chi connectivity index (χ3n) is 5.31. The molecule has 2 aliphatic carbocycles. The topological polar surface area (TPSA) is 12.0 Å². The van der Waals surface area contributed by atoms with Crippen molar-refractivity contribution < 1.29 is 0 Å². The highest BCUT2D eigenvalue weighted by Crippen LogP contribution is 2.51. The van der Waals surface area contributed by atoms with Crippen LogP contribution in [-0.4, -0.2) is 13.1 Å². The molecule has 1 aromatic rings. The number of hydrogen-bond donors (Lipinski definition) is 1. The SMILES string of the molecule is C[C@@]12CCc3c(C4CC4)cccc3C1CNC2. The molecule has 17 heavy (non-hydrogen) atoms. The second-order valence-corrected chi connectivity index (χ2v) is 6.53. The van der Waals surface area contributed by atoms with Gasteiger partial charge < -0.3 is 5.32 Å². The van der Waals surface area contributed by atoms with Gasteiger partial charge in [0.05, 0.1) is 0 Å². The first-order chi connectivity index (χ1) is 8.28. The van der Waals surface area contributed by atoms with E-state index in [2.05, 4.69) is 30.4 Å². The van der Waals surface area contributed by atoms with Crippen molar-refractivity contribution in [2.24, 2.45) is 5.41 Å². The molecule has 0 bridgehead atoms. The molecule has 3 aliphatic rings. The Morgan fingerprint density at radius 3 is 2.88 bits per heavy atom. The molecule has 1 saturated heterocycles. The van der Waals surface area contributed by atoms with E-state index in [0.29, 0.717) is 5.41 Å². The van der Waals surface area contributed by atoms with Crippen LogP contribution >= 0.6 is 0 Å². The van der Waals surface area contributed by atoms with Crippen molar-refractivity contribution in [3.8, 4) is 0 Å². The Morgan fingerprint density at radius 2 is 2.06 bits per heavy atom. The Hall–Kier alpha value is -0.820. The van der Waals surface area contributed by atoms with E-state index in [1.807, 2.05) is 0 Å². The summed E-state index contributed by atoms with van der Waals surface area (Å²) >= 11 is 0. The summed E-state index contributed by atoms with van der Waals surface area (Å²) < 4.78 is 0. The highest BCUT2D eigenvalue weighted by Gasteiger charge is 2.44. The summed E-state index contributed by atoms with van der Waals surface area (Å²) in [5.41, 5.74) is 5.61. The van der Waals surface area contributed by atoms with Crippen LogP contribution in [0.25, 0.3) is 0 Å². The number of nitrogens with one attached hydrogen (secondary N) is 1. The summed E-state index contributed by atoms with van der Waals surface area (Å²) in [6.45, 7) is 4.88. The van der Waals surface area contributed by atoms with E-state index in [1.54, 1.807) is 16.7 Å². The summed E-state index contributed by atoms with van der Waals surface area (Å²) in [4.78, 5) is 0. The monoisotopic (exact) mass is 227 g/mol. The van der Waals surface area contributed by atoms with Gasteiger partial charge in [0.25, 0.3) is 0 Å². The first kappa shape index (κ1) is 10.1. The highest BCUT2D eigenvalue weighted by molar-refractivity contribution is 5.44. The predicted octanol–water partition coefficient (Wildman–Crippen LogP) is 3.20. The number of hydrogen-bond acceptors (Lipinski definition) is 1. The smallest absolute Gasteiger partial charge is 0.00323 e. The quantitative estimate of drug-likeness (QED) is 0.777. The largest absolute Gasteiger partial charge is 0.316 e. The zero-order chi connectivity index (χ0) is 11.5. The molecule has 0 radical (unpaired) electrons. The maximum absolute atomic E-state index is 3.61. The molecule has 1 N–H and O–H groups in total. The molecule has 1 nitrogen and oxygen atoms in total. The molecule has 1 heteroatoms. The molecule has 4 rings (SSSR count). The molecular weight excluding hydrogens is 206 g/mol. The van der Waals surface area contributed by atoms with Gasteiger partial charge in [0.1, 0.15) is 0 Å². The van der Waals surface area contributed by atoms with Crippen molar-refractivity contribution in [2.45, 2.75) is 44.4 Å². The molecular formula is C16H21N. The first-order valence-corrected chi connectivity index (χ1v) is 7.10. The van der Waals surface area contributed by atoms with Crippen molar-refractivity contribution in [3.63, 3.8) is 0 Å². The van der Waals surface area contributed by atoms with Crippen LogP contribution in [0.2, 0.25) is 0 Å². The highest BCUT2D eigenvalue weighted by atomic mass is 14.9. The molecule has 1 saturated carbocycles. The van der Waals surface area contributed by atoms with Crippen LogP contribution < -0.4 is 5.32 Å². The molecule has 1 aromatic carbocycles. The van der Waals surface area contributed by atoms with Gasteiger partial charge in [-0.1, -0.05) is 25.1 Å². The van der Waals surface area contributed by atoms with Crippen molar-refractivity contribution >= 4 is 0 Å². The lowest BCUT2D eigenvalue weighted by atomic mass is 9.66. The Balaban J connectivity index is 1.84. The van der Waals surface area contributed by atoms with Gasteiger partial charge in [-0.15, -0.1) is 0 Å². The van der Waals surface area contributed by atoms with Crippen LogP contribution in [-0.2, 0) is 6.42 Å². The van der Waals surface area contributed by atoms with E-state index in [1.165, 1.54) is 38.8 Å². The zero-order valence-electron chi connectivity index (χ0n) is 10.6. The van der Waals surface area contributed by atoms with E-state index in [0.717, 1.165) is 11.8 Å². The van der Waals surface area contributed by atoms with Gasteiger partial charge in [0, 0.05) is 19.0 Å². The minimum Gasteiger partial charge on any atom is -0.316 e. The number of fused-ring (bicyclic) bond motifs is 3. The molecule has 1 heterocycles. The molecule has 0 spiro atoms. The van der Waals surface area contributed by atoms with E-state index in [4.69, 9.17) is 0 Å². The standard InChI is InChI=1S/C16H21N/c1-16-8-7-13-12(11-5-6-11)3-2-4-14(13)15(16)9-17-10-16/h2-4,11,15,17H,5-10H2,1H3/t15?,16-/m0/s1. The minimum atomic E-state index is 0.523. The van der Waals surface area contributed by atoms with Crippen molar-refractivity contribution in [2.75, 3.05) is 13.1 Å². The maximum Gasteiger partial charge on any atom is 0.00323 e. The van der Waals surface area contributed by atoms with Gasteiger partial charge in [-0.25, -0.2) is 0 Å². The fourth-order valence-electron chi connectivity index (χ4n) is 4.05. The van der Waals surface area contributed by atoms with E-state index in [-0.39, 0.29) is 0 Å². The lowest BCUT2D eigenvalue weighted by Gasteiger charge is -2.38. The predicted molar refractivity (Wildman–Crippen MR) is 70.5 cm³/mol. The number of rotatable bonds is 1. The van der Waals surface area contributed by atoms with Crippen LogP contribution in [0.3, 0.4) is 0 Å². The van der Waals surface area contributed by atoms with Crippen LogP contribution in [0.4, 0.5) is 0 Å². The van der Waals surface area contributed by atoms with E-state index < -0.39 is 0 Å². The van der Waals surface area contributed by atoms with Crippen molar-refractivity contribution in [1.82, 2.24) is 5.32 Å². The Kier molecular flexibility index (Phi) is 2.00. The maximum atomic E-state index is 3.61. The zero-order valence-corrected chi connectivity index (χ0v) is 10.6. The molecule has 1 aliphatic heterocycles. The molecule has 2 fully saturated rings. The summed E-state index contributed by atoms with van der Waals surface area (Å²) in [7, 11) is 0. The van der Waals surface area contributed by atoms with Crippen LogP contribution in [0.1, 0.15) is 54.7 Å². The average Bonchev–Trinajstić information content (AvgIpc) is 3.10. The van der Waals surface area contributed by atoms with Gasteiger partial charge >= 0.3 is 0 Å². The van der Waals surface area contributed by atoms with Gasteiger partial charge in [0.15, 0.2) is 0 Å². The fourth-order valence-corrected chi connectivity index (χ4v) is 4.05. The summed E-state index contributed by atoms with van der Waals surface area (Å²) in [5.74, 6) is 1.67. The van der Waals surface area contributed by atoms with Crippen molar-refractivity contribution in [3.05, 3.63) is 34.9 Å². The molecule has 1 unspecified atom stereocenters. The molecule has 90 valence electrons. The van der Waals surface area contributed by atoms with Crippen LogP contribution in [0, 0.1) is 5.41 Å². The van der Waals surface area contributed by atoms with Gasteiger partial charge in [-0.3, -0.25) is 0 Å². The molecule has 2 atom stereocenters. The Bertz CT molecular complexity index is 461. The minimum absolute atomic E-state index is 0.523. The molecule has 0 amide bonds. The first-order valence-electron chi connectivity index (χ1n) is 7.10. The van der Waals surface area contributed by atoms with Crippen LogP contribution in [0.15, 0.2) is 18.2 Å². The fraction of sp³-hybridized carbons (Fsp3) is 0.625. The second kappa shape index (κ2) is 3.35. The van der Waals surface area contributed by atoms with Gasteiger partial charge in [-0.05, 0) is 53.7 Å². The third-order valence-corrected chi connectivity index (χ3v) is 5.31. The van der Waals surface area contributed by atoms with Crippen LogP contribution in [0.5, 0.6) is 0 Å². The molecule has 0 aromatic heterocycles. The van der Waals surface area contributed by atoms with Gasteiger partial charge in [-0.2, -0.15) is 0 Å². The lowest BCUT2D eigenvalue weighted by molar-refractivity contribution is 0.277. The Labute approximate surface area is 104 Å². The van der Waals surface area contributed by atoms with E-state index >= 15 is 0 Å². The van der Waals surface area contributed by atoms with E-state index in [9.17, 15) is 0 Å². The summed E-state index contributed by atoms with van der Waals surface area (Å²) in [6, 6.07) is 7.09. The second-order valence-electron chi connectivity index (χ2n) is 6.53. The average molecular weight is 227 g/mol. The lowest BCUT2D eigenvalue weighted by Crippen LogP contribution is -2.30. The summed E-state index contributed by atoms with van der Waals surface area (Å²) in [6.07, 6.45) is 5.55. The number of benzene rings is 1. The third kappa shape index (κ3) is 1.41. The Morgan fingerprint density at radius 1 is 1.24 bits per heavy atom. The summed E-state index contributed by atoms with van der Waals surface area (Å²) in [5, 5.41) is 3.61.